The first-order valence-corrected chi connectivity index (χ1v) is 6.17. The molecule has 102 valence electrons. The van der Waals surface area contributed by atoms with Crippen LogP contribution in [-0.2, 0) is 6.54 Å². The van der Waals surface area contributed by atoms with Gasteiger partial charge in [-0.05, 0) is 24.6 Å². The number of aromatic nitrogens is 1. The van der Waals surface area contributed by atoms with Gasteiger partial charge in [-0.2, -0.15) is 0 Å². The number of nitrogens with one attached hydrogen (secondary N) is 1. The zero-order valence-electron chi connectivity index (χ0n) is 11.1. The number of amides is 1. The molecule has 0 bridgehead atoms. The van der Waals surface area contributed by atoms with Gasteiger partial charge in [-0.25, -0.2) is 4.98 Å². The molecule has 0 fully saturated rings. The first-order chi connectivity index (χ1) is 9.70. The van der Waals surface area contributed by atoms with Crippen LogP contribution in [-0.4, -0.2) is 17.4 Å². The van der Waals surface area contributed by atoms with Crippen LogP contribution < -0.4 is 11.1 Å². The van der Waals surface area contributed by atoms with Gasteiger partial charge in [0.05, 0.1) is 12.2 Å². The van der Waals surface area contributed by atoms with Crippen LogP contribution in [0.3, 0.4) is 0 Å². The van der Waals surface area contributed by atoms with E-state index >= 15 is 0 Å². The molecular formula is C15H15N3O2. The number of benzene rings is 1. The molecule has 1 aromatic carbocycles. The second-order valence-corrected chi connectivity index (χ2v) is 4.15. The lowest BCUT2D eigenvalue weighted by Crippen LogP contribution is -2.23. The molecule has 5 nitrogen and oxygen atoms in total. The fourth-order valence-electron chi connectivity index (χ4n) is 1.64. The SMILES string of the molecule is Cc1ncoc1C(=O)NCc1ccc(C#CCN)cc1. The van der Waals surface area contributed by atoms with Crippen LogP contribution in [0.4, 0.5) is 0 Å². The Bertz CT molecular complexity index is 648. The van der Waals surface area contributed by atoms with Crippen molar-refractivity contribution in [2.45, 2.75) is 13.5 Å². The van der Waals surface area contributed by atoms with E-state index in [0.29, 0.717) is 18.8 Å². The van der Waals surface area contributed by atoms with Gasteiger partial charge in [-0.3, -0.25) is 4.79 Å². The van der Waals surface area contributed by atoms with Gasteiger partial charge in [0.2, 0.25) is 5.76 Å². The quantitative estimate of drug-likeness (QED) is 0.821. The number of carbonyl (C=O) groups excluding carboxylic acids is 1. The molecule has 5 heteroatoms. The Labute approximate surface area is 117 Å². The average molecular weight is 269 g/mol. The highest BCUT2D eigenvalue weighted by Crippen LogP contribution is 2.06. The largest absolute Gasteiger partial charge is 0.438 e. The van der Waals surface area contributed by atoms with Gasteiger partial charge in [0.25, 0.3) is 5.91 Å². The highest BCUT2D eigenvalue weighted by molar-refractivity contribution is 5.92. The Hall–Kier alpha value is -2.58. The summed E-state index contributed by atoms with van der Waals surface area (Å²) >= 11 is 0. The van der Waals surface area contributed by atoms with Crippen LogP contribution in [0, 0.1) is 18.8 Å². The van der Waals surface area contributed by atoms with Gasteiger partial charge in [-0.15, -0.1) is 0 Å². The normalized spacial score (nSPS) is 9.70. The number of carbonyl (C=O) groups is 1. The molecule has 3 N–H and O–H groups in total. The predicted molar refractivity (Wildman–Crippen MR) is 74.8 cm³/mol. The Morgan fingerprint density at radius 1 is 1.40 bits per heavy atom. The topological polar surface area (TPSA) is 81.2 Å². The summed E-state index contributed by atoms with van der Waals surface area (Å²) in [6.07, 6.45) is 1.26. The Balaban J connectivity index is 1.94. The fourth-order valence-corrected chi connectivity index (χ4v) is 1.64. The zero-order chi connectivity index (χ0) is 14.4. The van der Waals surface area contributed by atoms with Gasteiger partial charge in [-0.1, -0.05) is 24.0 Å². The van der Waals surface area contributed by atoms with Crippen molar-refractivity contribution in [1.82, 2.24) is 10.3 Å². The minimum atomic E-state index is -0.271. The van der Waals surface area contributed by atoms with Crippen LogP contribution in [0.5, 0.6) is 0 Å². The molecule has 0 spiro atoms. The Morgan fingerprint density at radius 2 is 2.15 bits per heavy atom. The third-order valence-electron chi connectivity index (χ3n) is 2.69. The number of hydrogen-bond acceptors (Lipinski definition) is 4. The molecule has 0 saturated heterocycles. The van der Waals surface area contributed by atoms with Crippen molar-refractivity contribution < 1.29 is 9.21 Å². The highest BCUT2D eigenvalue weighted by atomic mass is 16.3. The second-order valence-electron chi connectivity index (χ2n) is 4.15. The first kappa shape index (κ1) is 13.8. The van der Waals surface area contributed by atoms with Crippen molar-refractivity contribution in [2.75, 3.05) is 6.54 Å². The van der Waals surface area contributed by atoms with Gasteiger partial charge in [0.15, 0.2) is 6.39 Å². The summed E-state index contributed by atoms with van der Waals surface area (Å²) < 4.78 is 5.02. The molecule has 2 aromatic rings. The van der Waals surface area contributed by atoms with Crippen molar-refractivity contribution in [3.8, 4) is 11.8 Å². The molecule has 0 aliphatic heterocycles. The summed E-state index contributed by atoms with van der Waals surface area (Å²) in [5, 5.41) is 2.78. The van der Waals surface area contributed by atoms with E-state index in [2.05, 4.69) is 22.1 Å². The Morgan fingerprint density at radius 3 is 2.75 bits per heavy atom. The smallest absolute Gasteiger partial charge is 0.289 e. The number of aryl methyl sites for hydroxylation is 1. The zero-order valence-corrected chi connectivity index (χ0v) is 11.1. The van der Waals surface area contributed by atoms with Gasteiger partial charge < -0.3 is 15.5 Å². The van der Waals surface area contributed by atoms with E-state index in [-0.39, 0.29) is 11.7 Å². The summed E-state index contributed by atoms with van der Waals surface area (Å²) in [6.45, 7) is 2.49. The van der Waals surface area contributed by atoms with Crippen molar-refractivity contribution in [2.24, 2.45) is 5.73 Å². The van der Waals surface area contributed by atoms with Crippen LogP contribution in [0.25, 0.3) is 0 Å². The molecule has 1 aromatic heterocycles. The van der Waals surface area contributed by atoms with E-state index in [9.17, 15) is 4.79 Å². The lowest BCUT2D eigenvalue weighted by Gasteiger charge is -2.04. The maximum atomic E-state index is 11.8. The van der Waals surface area contributed by atoms with Crippen molar-refractivity contribution in [1.29, 1.82) is 0 Å². The van der Waals surface area contributed by atoms with E-state index in [1.807, 2.05) is 24.3 Å². The minimum absolute atomic E-state index is 0.246. The lowest BCUT2D eigenvalue weighted by molar-refractivity contribution is 0.0922. The summed E-state index contributed by atoms with van der Waals surface area (Å²) in [5.74, 6) is 5.70. The van der Waals surface area contributed by atoms with Crippen molar-refractivity contribution in [3.63, 3.8) is 0 Å². The molecule has 1 heterocycles. The van der Waals surface area contributed by atoms with Gasteiger partial charge in [0.1, 0.15) is 0 Å². The van der Waals surface area contributed by atoms with Crippen LogP contribution >= 0.6 is 0 Å². The van der Waals surface area contributed by atoms with E-state index in [1.54, 1.807) is 6.92 Å². The van der Waals surface area contributed by atoms with Crippen LogP contribution in [0.1, 0.15) is 27.4 Å². The van der Waals surface area contributed by atoms with Crippen LogP contribution in [0.15, 0.2) is 35.1 Å². The molecule has 2 rings (SSSR count). The third kappa shape index (κ3) is 3.46. The number of hydrogen-bond donors (Lipinski definition) is 2. The average Bonchev–Trinajstić information content (AvgIpc) is 2.90. The number of rotatable bonds is 3. The summed E-state index contributed by atoms with van der Waals surface area (Å²) in [4.78, 5) is 15.7. The third-order valence-corrected chi connectivity index (χ3v) is 2.69. The second kappa shape index (κ2) is 6.55. The summed E-state index contributed by atoms with van der Waals surface area (Å²) in [7, 11) is 0. The molecule has 0 aliphatic rings. The molecule has 0 atom stereocenters. The maximum Gasteiger partial charge on any atom is 0.289 e. The molecule has 0 saturated carbocycles. The first-order valence-electron chi connectivity index (χ1n) is 6.17. The fraction of sp³-hybridized carbons (Fsp3) is 0.200. The monoisotopic (exact) mass is 269 g/mol. The molecule has 0 aliphatic carbocycles. The number of nitrogens with two attached hydrogens (primary N) is 1. The molecule has 0 unspecified atom stereocenters. The van der Waals surface area contributed by atoms with Gasteiger partial charge >= 0.3 is 0 Å². The molecular weight excluding hydrogens is 254 g/mol. The number of nitrogens with zero attached hydrogens (tertiary/aromatic N) is 1. The van der Waals surface area contributed by atoms with Gasteiger partial charge in [0, 0.05) is 12.1 Å². The predicted octanol–water partition coefficient (Wildman–Crippen LogP) is 1.22. The molecule has 20 heavy (non-hydrogen) atoms. The maximum absolute atomic E-state index is 11.8. The lowest BCUT2D eigenvalue weighted by atomic mass is 10.1. The van der Waals surface area contributed by atoms with Crippen molar-refractivity contribution >= 4 is 5.91 Å². The van der Waals surface area contributed by atoms with E-state index in [0.717, 1.165) is 11.1 Å². The van der Waals surface area contributed by atoms with E-state index in [4.69, 9.17) is 10.2 Å². The Kier molecular flexibility index (Phi) is 4.53. The summed E-state index contributed by atoms with van der Waals surface area (Å²) in [6, 6.07) is 7.61. The standard InChI is InChI=1S/C15H15N3O2/c1-11-14(20-10-18-11)15(19)17-9-13-6-4-12(5-7-13)3-2-8-16/h4-7,10H,8-9,16H2,1H3,(H,17,19). The van der Waals surface area contributed by atoms with E-state index in [1.165, 1.54) is 6.39 Å². The van der Waals surface area contributed by atoms with Crippen LogP contribution in [0.2, 0.25) is 0 Å². The molecule has 1 amide bonds. The number of oxazole rings is 1. The minimum Gasteiger partial charge on any atom is -0.438 e. The van der Waals surface area contributed by atoms with E-state index < -0.39 is 0 Å². The highest BCUT2D eigenvalue weighted by Gasteiger charge is 2.12. The van der Waals surface area contributed by atoms with Crippen molar-refractivity contribution in [3.05, 3.63) is 53.2 Å². The molecule has 0 radical (unpaired) electrons. The summed E-state index contributed by atoms with van der Waals surface area (Å²) in [5.41, 5.74) is 7.77.